The van der Waals surface area contributed by atoms with E-state index in [0.29, 0.717) is 13.0 Å². The van der Waals surface area contributed by atoms with Crippen LogP contribution in [0.15, 0.2) is 48.5 Å². The molecule has 0 radical (unpaired) electrons. The lowest BCUT2D eigenvalue weighted by molar-refractivity contribution is -0.125. The minimum Gasteiger partial charge on any atom is -0.346 e. The standard InChI is InChI=1S/C20H23N3O2.ClH/c1-2-14-7-9-17(10-8-14)23-19(24)13-22-20(25)18-11-15-5-3-4-6-16(15)12-21-18;/h3-10,18,21H,2,11-13H2,1H3,(H,22,25)(H,23,24);1H/t18-;/m0./s1. The molecule has 0 bridgehead atoms. The molecular weight excluding hydrogens is 350 g/mol. The molecule has 138 valence electrons. The molecule has 26 heavy (non-hydrogen) atoms. The number of amides is 2. The molecule has 0 fully saturated rings. The first kappa shape index (κ1) is 19.9. The Labute approximate surface area is 160 Å². The highest BCUT2D eigenvalue weighted by Crippen LogP contribution is 2.16. The van der Waals surface area contributed by atoms with Gasteiger partial charge in [-0.3, -0.25) is 9.59 Å². The number of aryl methyl sites for hydroxylation is 1. The zero-order chi connectivity index (χ0) is 17.6. The highest BCUT2D eigenvalue weighted by Gasteiger charge is 2.23. The van der Waals surface area contributed by atoms with Crippen molar-refractivity contribution in [2.45, 2.75) is 32.4 Å². The topological polar surface area (TPSA) is 70.2 Å². The summed E-state index contributed by atoms with van der Waals surface area (Å²) in [6, 6.07) is 15.5. The second-order valence-electron chi connectivity index (χ2n) is 6.22. The predicted molar refractivity (Wildman–Crippen MR) is 105 cm³/mol. The van der Waals surface area contributed by atoms with E-state index in [4.69, 9.17) is 0 Å². The van der Waals surface area contributed by atoms with Crippen molar-refractivity contribution >= 4 is 29.9 Å². The average molecular weight is 374 g/mol. The van der Waals surface area contributed by atoms with Gasteiger partial charge in [-0.05, 0) is 41.7 Å². The third-order valence-electron chi connectivity index (χ3n) is 4.47. The maximum absolute atomic E-state index is 12.3. The van der Waals surface area contributed by atoms with E-state index in [-0.39, 0.29) is 36.8 Å². The van der Waals surface area contributed by atoms with Crippen molar-refractivity contribution in [2.75, 3.05) is 11.9 Å². The van der Waals surface area contributed by atoms with Crippen LogP contribution in [0.25, 0.3) is 0 Å². The van der Waals surface area contributed by atoms with Crippen LogP contribution in [0.1, 0.15) is 23.6 Å². The lowest BCUT2D eigenvalue weighted by Crippen LogP contribution is -2.49. The summed E-state index contributed by atoms with van der Waals surface area (Å²) >= 11 is 0. The molecule has 0 spiro atoms. The molecule has 5 nitrogen and oxygen atoms in total. The van der Waals surface area contributed by atoms with Crippen LogP contribution >= 0.6 is 12.4 Å². The molecule has 1 aliphatic heterocycles. The average Bonchev–Trinajstić information content (AvgIpc) is 2.66. The van der Waals surface area contributed by atoms with Crippen LogP contribution in [0.5, 0.6) is 0 Å². The van der Waals surface area contributed by atoms with Gasteiger partial charge in [-0.2, -0.15) is 0 Å². The molecular formula is C20H24ClN3O2. The second kappa shape index (κ2) is 9.36. The van der Waals surface area contributed by atoms with E-state index in [2.05, 4.69) is 28.9 Å². The summed E-state index contributed by atoms with van der Waals surface area (Å²) in [5, 5.41) is 8.72. The van der Waals surface area contributed by atoms with Crippen LogP contribution in [0.2, 0.25) is 0 Å². The molecule has 1 heterocycles. The fourth-order valence-electron chi connectivity index (χ4n) is 2.96. The Balaban J connectivity index is 0.00000243. The van der Waals surface area contributed by atoms with Crippen LogP contribution in [-0.2, 0) is 29.0 Å². The molecule has 1 aliphatic rings. The normalized spacial score (nSPS) is 15.3. The second-order valence-corrected chi connectivity index (χ2v) is 6.22. The van der Waals surface area contributed by atoms with E-state index in [1.807, 2.05) is 42.5 Å². The minimum atomic E-state index is -0.300. The van der Waals surface area contributed by atoms with E-state index in [1.165, 1.54) is 16.7 Å². The minimum absolute atomic E-state index is 0. The third kappa shape index (κ3) is 5.07. The molecule has 0 saturated heterocycles. The van der Waals surface area contributed by atoms with E-state index < -0.39 is 0 Å². The quantitative estimate of drug-likeness (QED) is 0.754. The van der Waals surface area contributed by atoms with Crippen molar-refractivity contribution in [3.05, 3.63) is 65.2 Å². The van der Waals surface area contributed by atoms with Crippen LogP contribution < -0.4 is 16.0 Å². The van der Waals surface area contributed by atoms with Gasteiger partial charge in [0.15, 0.2) is 0 Å². The van der Waals surface area contributed by atoms with Crippen molar-refractivity contribution in [1.29, 1.82) is 0 Å². The Hall–Kier alpha value is -2.37. The molecule has 2 aromatic carbocycles. The lowest BCUT2D eigenvalue weighted by Gasteiger charge is -2.25. The molecule has 0 aliphatic carbocycles. The van der Waals surface area contributed by atoms with Crippen LogP contribution in [-0.4, -0.2) is 24.4 Å². The highest BCUT2D eigenvalue weighted by atomic mass is 35.5. The Morgan fingerprint density at radius 2 is 1.77 bits per heavy atom. The SMILES string of the molecule is CCc1ccc(NC(=O)CNC(=O)[C@@H]2Cc3ccccc3CN2)cc1.Cl. The van der Waals surface area contributed by atoms with Crippen LogP contribution in [0, 0.1) is 0 Å². The molecule has 2 aromatic rings. The van der Waals surface area contributed by atoms with Gasteiger partial charge in [0.1, 0.15) is 0 Å². The van der Waals surface area contributed by atoms with Crippen molar-refractivity contribution in [1.82, 2.24) is 10.6 Å². The summed E-state index contributed by atoms with van der Waals surface area (Å²) in [6.07, 6.45) is 1.60. The van der Waals surface area contributed by atoms with Gasteiger partial charge in [-0.15, -0.1) is 12.4 Å². The van der Waals surface area contributed by atoms with Crippen molar-refractivity contribution in [3.63, 3.8) is 0 Å². The molecule has 3 rings (SSSR count). The maximum Gasteiger partial charge on any atom is 0.243 e. The van der Waals surface area contributed by atoms with Gasteiger partial charge < -0.3 is 16.0 Å². The number of benzene rings is 2. The summed E-state index contributed by atoms with van der Waals surface area (Å²) in [7, 11) is 0. The smallest absolute Gasteiger partial charge is 0.243 e. The summed E-state index contributed by atoms with van der Waals surface area (Å²) in [5.74, 6) is -0.375. The number of carbonyl (C=O) groups is 2. The number of anilines is 1. The van der Waals surface area contributed by atoms with E-state index in [0.717, 1.165) is 12.1 Å². The highest BCUT2D eigenvalue weighted by molar-refractivity contribution is 5.95. The molecule has 0 aromatic heterocycles. The largest absolute Gasteiger partial charge is 0.346 e. The molecule has 6 heteroatoms. The number of nitrogens with one attached hydrogen (secondary N) is 3. The first-order valence-corrected chi connectivity index (χ1v) is 8.62. The Morgan fingerprint density at radius 1 is 1.08 bits per heavy atom. The van der Waals surface area contributed by atoms with Crippen LogP contribution in [0.4, 0.5) is 5.69 Å². The fourth-order valence-corrected chi connectivity index (χ4v) is 2.96. The molecule has 0 saturated carbocycles. The monoisotopic (exact) mass is 373 g/mol. The summed E-state index contributed by atoms with van der Waals surface area (Å²) < 4.78 is 0. The number of fused-ring (bicyclic) bond motifs is 1. The van der Waals surface area contributed by atoms with Gasteiger partial charge in [-0.25, -0.2) is 0 Å². The number of hydrogen-bond acceptors (Lipinski definition) is 3. The number of halogens is 1. The fraction of sp³-hybridized carbons (Fsp3) is 0.300. The van der Waals surface area contributed by atoms with Gasteiger partial charge in [0.2, 0.25) is 11.8 Å². The zero-order valence-electron chi connectivity index (χ0n) is 14.7. The Morgan fingerprint density at radius 3 is 2.46 bits per heavy atom. The van der Waals surface area contributed by atoms with E-state index in [9.17, 15) is 9.59 Å². The number of hydrogen-bond donors (Lipinski definition) is 3. The van der Waals surface area contributed by atoms with Gasteiger partial charge in [0, 0.05) is 12.2 Å². The Bertz CT molecular complexity index is 762. The van der Waals surface area contributed by atoms with Gasteiger partial charge in [-0.1, -0.05) is 43.3 Å². The summed E-state index contributed by atoms with van der Waals surface area (Å²) in [4.78, 5) is 24.3. The van der Waals surface area contributed by atoms with E-state index >= 15 is 0 Å². The molecule has 1 atom stereocenters. The van der Waals surface area contributed by atoms with E-state index in [1.54, 1.807) is 0 Å². The molecule has 2 amide bonds. The maximum atomic E-state index is 12.3. The van der Waals surface area contributed by atoms with Crippen molar-refractivity contribution < 1.29 is 9.59 Å². The van der Waals surface area contributed by atoms with Gasteiger partial charge >= 0.3 is 0 Å². The summed E-state index contributed by atoms with van der Waals surface area (Å²) in [6.45, 7) is 2.72. The van der Waals surface area contributed by atoms with Crippen molar-refractivity contribution in [3.8, 4) is 0 Å². The predicted octanol–water partition coefficient (Wildman–Crippen LogP) is 2.44. The van der Waals surface area contributed by atoms with Gasteiger partial charge in [0.25, 0.3) is 0 Å². The molecule has 0 unspecified atom stereocenters. The lowest BCUT2D eigenvalue weighted by atomic mass is 9.95. The third-order valence-corrected chi connectivity index (χ3v) is 4.47. The first-order chi connectivity index (χ1) is 12.2. The first-order valence-electron chi connectivity index (χ1n) is 8.62. The molecule has 3 N–H and O–H groups in total. The Kier molecular flexibility index (Phi) is 7.18. The number of rotatable bonds is 5. The van der Waals surface area contributed by atoms with Gasteiger partial charge in [0.05, 0.1) is 12.6 Å². The number of carbonyl (C=O) groups excluding carboxylic acids is 2. The van der Waals surface area contributed by atoms with Crippen LogP contribution in [0.3, 0.4) is 0 Å². The summed E-state index contributed by atoms with van der Waals surface area (Å²) in [5.41, 5.74) is 4.36. The zero-order valence-corrected chi connectivity index (χ0v) is 15.6. The van der Waals surface area contributed by atoms with Crippen molar-refractivity contribution in [2.24, 2.45) is 0 Å².